The Hall–Kier alpha value is -4.11. The van der Waals surface area contributed by atoms with E-state index in [9.17, 15) is 22.8 Å². The van der Waals surface area contributed by atoms with Crippen LogP contribution in [0.5, 0.6) is 0 Å². The minimum Gasteiger partial charge on any atom is -0.375 e. The highest BCUT2D eigenvalue weighted by Gasteiger charge is 2.37. The lowest BCUT2D eigenvalue weighted by Crippen LogP contribution is -2.50. The summed E-state index contributed by atoms with van der Waals surface area (Å²) in [6.45, 7) is 6.55. The molecule has 2 N–H and O–H groups in total. The number of nitrogens with one attached hydrogen (secondary N) is 2. The van der Waals surface area contributed by atoms with Crippen molar-refractivity contribution in [1.29, 1.82) is 0 Å². The van der Waals surface area contributed by atoms with Gasteiger partial charge in [-0.25, -0.2) is 18.7 Å². The summed E-state index contributed by atoms with van der Waals surface area (Å²) < 4.78 is 78.6. The van der Waals surface area contributed by atoms with Crippen LogP contribution in [0.15, 0.2) is 35.5 Å². The fraction of sp³-hybridized carbons (Fsp3) is 0.429. The van der Waals surface area contributed by atoms with Crippen LogP contribution < -0.4 is 20.7 Å². The number of benzene rings is 1. The Balaban J connectivity index is 1.57. The molecule has 2 aliphatic rings. The monoisotopic (exact) mass is 607 g/mol. The largest absolute Gasteiger partial charge is 0.417 e. The summed E-state index contributed by atoms with van der Waals surface area (Å²) in [7, 11) is 1.89. The lowest BCUT2D eigenvalue weighted by Gasteiger charge is -2.39. The molecule has 230 valence electrons. The third kappa shape index (κ3) is 6.32. The molecule has 2 aliphatic heterocycles. The van der Waals surface area contributed by atoms with E-state index < -0.39 is 51.7 Å². The van der Waals surface area contributed by atoms with Crippen LogP contribution in [0.3, 0.4) is 0 Å². The van der Waals surface area contributed by atoms with Crippen molar-refractivity contribution < 1.29 is 31.5 Å². The van der Waals surface area contributed by atoms with Crippen LogP contribution >= 0.6 is 0 Å². The van der Waals surface area contributed by atoms with E-state index in [1.807, 2.05) is 35.7 Å². The highest BCUT2D eigenvalue weighted by Crippen LogP contribution is 2.39. The Kier molecular flexibility index (Phi) is 8.38. The third-order valence-corrected chi connectivity index (χ3v) is 7.66. The van der Waals surface area contributed by atoms with Gasteiger partial charge in [0.1, 0.15) is 11.5 Å². The minimum absolute atomic E-state index is 0.0250. The van der Waals surface area contributed by atoms with Crippen molar-refractivity contribution in [3.8, 4) is 11.1 Å². The molecular formula is C28H30F5N7O3. The smallest absolute Gasteiger partial charge is 0.375 e. The Morgan fingerprint density at radius 2 is 1.79 bits per heavy atom. The number of amides is 1. The number of likely N-dealkylation sites (N-methyl/N-ethyl adjacent to an activating group) is 1. The van der Waals surface area contributed by atoms with E-state index in [0.29, 0.717) is 51.5 Å². The maximum atomic E-state index is 16.3. The predicted octanol–water partition coefficient (Wildman–Crippen LogP) is 3.75. The first-order chi connectivity index (χ1) is 20.3. The third-order valence-electron chi connectivity index (χ3n) is 7.66. The highest BCUT2D eigenvalue weighted by atomic mass is 19.4. The number of hydrogen-bond donors (Lipinski definition) is 2. The zero-order valence-electron chi connectivity index (χ0n) is 23.6. The van der Waals surface area contributed by atoms with Crippen molar-refractivity contribution in [2.24, 2.45) is 0 Å². The summed E-state index contributed by atoms with van der Waals surface area (Å²) >= 11 is 0. The number of alkyl halides is 3. The van der Waals surface area contributed by atoms with Gasteiger partial charge in [-0.05, 0) is 20.9 Å². The van der Waals surface area contributed by atoms with Gasteiger partial charge in [0.2, 0.25) is 11.5 Å². The Morgan fingerprint density at radius 3 is 2.44 bits per heavy atom. The summed E-state index contributed by atoms with van der Waals surface area (Å²) in [4.78, 5) is 41.0. The molecule has 1 aromatic carbocycles. The standard InChI is InChI=1S/C28H30F5N7O3/c1-15-13-39(5-4-38(15)3)21-9-20(29)23(17-10-35-27(36-11-17)40-6-7-43-16(2)14-40)24(30)25(21)37-26(42)18-12-34-22(41)8-19(18)28(31,32)33/h8-12,15-16H,4-7,13-14H2,1-3H3,(H,34,41)(H,37,42)/t15-,16+/m0/s1. The molecule has 15 heteroatoms. The van der Waals surface area contributed by atoms with Crippen LogP contribution in [0, 0.1) is 11.6 Å². The summed E-state index contributed by atoms with van der Waals surface area (Å²) in [5, 5.41) is 2.23. The van der Waals surface area contributed by atoms with Crippen molar-refractivity contribution in [3.05, 3.63) is 63.8 Å². The van der Waals surface area contributed by atoms with E-state index >= 15 is 8.78 Å². The minimum atomic E-state index is -5.04. The molecule has 2 saturated heterocycles. The van der Waals surface area contributed by atoms with Crippen molar-refractivity contribution in [2.45, 2.75) is 32.2 Å². The molecule has 2 aromatic heterocycles. The van der Waals surface area contributed by atoms with E-state index in [2.05, 4.69) is 15.3 Å². The van der Waals surface area contributed by atoms with Gasteiger partial charge in [-0.15, -0.1) is 0 Å². The van der Waals surface area contributed by atoms with Gasteiger partial charge in [0, 0.05) is 75.1 Å². The molecule has 4 heterocycles. The number of H-pyrrole nitrogens is 1. The molecule has 0 radical (unpaired) electrons. The number of aromatic nitrogens is 3. The van der Waals surface area contributed by atoms with Crippen LogP contribution in [-0.2, 0) is 10.9 Å². The average molecular weight is 608 g/mol. The van der Waals surface area contributed by atoms with Gasteiger partial charge in [-0.2, -0.15) is 13.2 Å². The topological polar surface area (TPSA) is 107 Å². The summed E-state index contributed by atoms with van der Waals surface area (Å²) in [5.74, 6) is -3.16. The van der Waals surface area contributed by atoms with Crippen LogP contribution in [0.25, 0.3) is 11.1 Å². The lowest BCUT2D eigenvalue weighted by atomic mass is 10.0. The van der Waals surface area contributed by atoms with Crippen molar-refractivity contribution in [2.75, 3.05) is 61.5 Å². The van der Waals surface area contributed by atoms with Crippen LogP contribution in [-0.4, -0.2) is 84.3 Å². The summed E-state index contributed by atoms with van der Waals surface area (Å²) in [6, 6.07) is 1.27. The molecule has 10 nitrogen and oxygen atoms in total. The van der Waals surface area contributed by atoms with Gasteiger partial charge in [0.15, 0.2) is 5.82 Å². The molecule has 3 aromatic rings. The molecule has 0 unspecified atom stereocenters. The second kappa shape index (κ2) is 11.9. The molecule has 0 spiro atoms. The van der Waals surface area contributed by atoms with E-state index in [0.717, 1.165) is 6.07 Å². The van der Waals surface area contributed by atoms with E-state index in [1.165, 1.54) is 12.4 Å². The fourth-order valence-electron chi connectivity index (χ4n) is 5.20. The SMILES string of the molecule is C[C@@H]1CN(c2ncc(-c3c(F)cc(N4CCN(C)[C@@H](C)C4)c(NC(=O)c4c[nH]c(=O)cc4C(F)(F)F)c3F)cn2)CCO1. The van der Waals surface area contributed by atoms with Gasteiger partial charge >= 0.3 is 6.18 Å². The van der Waals surface area contributed by atoms with Gasteiger partial charge < -0.3 is 29.7 Å². The van der Waals surface area contributed by atoms with Gasteiger partial charge in [-0.1, -0.05) is 0 Å². The first-order valence-corrected chi connectivity index (χ1v) is 13.6. The zero-order chi connectivity index (χ0) is 31.1. The quantitative estimate of drug-likeness (QED) is 0.423. The summed E-state index contributed by atoms with van der Waals surface area (Å²) in [6.07, 6.45) is -1.99. The lowest BCUT2D eigenvalue weighted by molar-refractivity contribution is -0.138. The number of nitrogens with zero attached hydrogens (tertiary/aromatic N) is 5. The number of anilines is 3. The highest BCUT2D eigenvalue weighted by molar-refractivity contribution is 6.07. The van der Waals surface area contributed by atoms with Crippen LogP contribution in [0.1, 0.15) is 29.8 Å². The number of hydrogen-bond acceptors (Lipinski definition) is 8. The number of halogens is 5. The van der Waals surface area contributed by atoms with E-state index in [-0.39, 0.29) is 29.5 Å². The Bertz CT molecular complexity index is 1560. The van der Waals surface area contributed by atoms with Crippen LogP contribution in [0.2, 0.25) is 0 Å². The van der Waals surface area contributed by atoms with Gasteiger partial charge in [0.25, 0.3) is 5.91 Å². The number of carbonyl (C=O) groups is 1. The van der Waals surface area contributed by atoms with E-state index in [1.54, 1.807) is 4.90 Å². The Morgan fingerprint density at radius 1 is 1.07 bits per heavy atom. The zero-order valence-corrected chi connectivity index (χ0v) is 23.6. The number of aromatic amines is 1. The second-order valence-electron chi connectivity index (χ2n) is 10.7. The molecule has 2 atom stereocenters. The Labute approximate surface area is 243 Å². The molecule has 0 bridgehead atoms. The maximum Gasteiger partial charge on any atom is 0.417 e. The average Bonchev–Trinajstić information content (AvgIpc) is 2.95. The normalized spacial score (nSPS) is 19.9. The maximum absolute atomic E-state index is 16.3. The molecule has 5 rings (SSSR count). The second-order valence-corrected chi connectivity index (χ2v) is 10.7. The van der Waals surface area contributed by atoms with Crippen molar-refractivity contribution in [3.63, 3.8) is 0 Å². The summed E-state index contributed by atoms with van der Waals surface area (Å²) in [5.41, 5.74) is -4.63. The number of piperazine rings is 1. The predicted molar refractivity (Wildman–Crippen MR) is 149 cm³/mol. The van der Waals surface area contributed by atoms with Crippen LogP contribution in [0.4, 0.5) is 39.3 Å². The molecular weight excluding hydrogens is 577 g/mol. The number of rotatable bonds is 5. The fourth-order valence-corrected chi connectivity index (χ4v) is 5.20. The molecule has 0 aliphatic carbocycles. The molecule has 0 saturated carbocycles. The number of ether oxygens (including phenoxy) is 1. The van der Waals surface area contributed by atoms with Crippen molar-refractivity contribution >= 4 is 23.2 Å². The van der Waals surface area contributed by atoms with Crippen molar-refractivity contribution in [1.82, 2.24) is 19.9 Å². The first-order valence-electron chi connectivity index (χ1n) is 13.6. The number of morpholine rings is 1. The van der Waals surface area contributed by atoms with E-state index in [4.69, 9.17) is 4.74 Å². The number of pyridine rings is 1. The number of carbonyl (C=O) groups excluding carboxylic acids is 1. The van der Waals surface area contributed by atoms with Gasteiger partial charge in [0.05, 0.1) is 35.1 Å². The molecule has 2 fully saturated rings. The molecule has 43 heavy (non-hydrogen) atoms. The molecule has 1 amide bonds. The first kappa shape index (κ1) is 30.4. The van der Waals surface area contributed by atoms with Gasteiger partial charge in [-0.3, -0.25) is 9.59 Å².